The van der Waals surface area contributed by atoms with E-state index >= 15 is 0 Å². The van der Waals surface area contributed by atoms with Crippen molar-refractivity contribution >= 4 is 46.6 Å². The van der Waals surface area contributed by atoms with Gasteiger partial charge in [0.25, 0.3) is 0 Å². The summed E-state index contributed by atoms with van der Waals surface area (Å²) in [6.45, 7) is 8.42. The number of halogens is 2. The Labute approximate surface area is 114 Å². The van der Waals surface area contributed by atoms with Crippen molar-refractivity contribution in [3.8, 4) is 0 Å². The number of aromatic nitrogens is 2. The highest BCUT2D eigenvalue weighted by Gasteiger charge is 2.12. The van der Waals surface area contributed by atoms with E-state index in [4.69, 9.17) is 4.74 Å². The second-order valence-electron chi connectivity index (χ2n) is 4.63. The van der Waals surface area contributed by atoms with Crippen molar-refractivity contribution in [3.63, 3.8) is 0 Å². The highest BCUT2D eigenvalue weighted by Crippen LogP contribution is 2.18. The lowest BCUT2D eigenvalue weighted by atomic mass is 10.7. The summed E-state index contributed by atoms with van der Waals surface area (Å²) < 4.78 is 9.53. The molecule has 0 aromatic carbocycles. The molecule has 1 heterocycles. The van der Waals surface area contributed by atoms with Gasteiger partial charge in [-0.05, 0) is 44.6 Å². The molecule has 0 radical (unpaired) electrons. The minimum absolute atomic E-state index is 0.536. The van der Waals surface area contributed by atoms with Crippen LogP contribution in [0.3, 0.4) is 0 Å². The third-order valence-electron chi connectivity index (χ3n) is 1.94. The van der Waals surface area contributed by atoms with E-state index < -0.39 is 8.07 Å². The zero-order valence-electron chi connectivity index (χ0n) is 9.26. The molecule has 6 heteroatoms. The Balaban J connectivity index is 2.30. The molecule has 3 nitrogen and oxygen atoms in total. The minimum Gasteiger partial charge on any atom is -0.359 e. The van der Waals surface area contributed by atoms with Crippen molar-refractivity contribution in [1.29, 1.82) is 0 Å². The third-order valence-corrected chi connectivity index (χ3v) is 6.02. The maximum Gasteiger partial charge on any atom is 0.140 e. The summed E-state index contributed by atoms with van der Waals surface area (Å²) in [6, 6.07) is 1.20. The van der Waals surface area contributed by atoms with E-state index in [1.54, 1.807) is 0 Å². The molecule has 0 spiro atoms. The number of nitrogens with zero attached hydrogens (tertiary/aromatic N) is 2. The van der Waals surface area contributed by atoms with Gasteiger partial charge in [0, 0.05) is 14.7 Å². The van der Waals surface area contributed by atoms with Gasteiger partial charge in [-0.15, -0.1) is 0 Å². The highest BCUT2D eigenvalue weighted by atomic mass is 127. The average molecular weight is 403 g/mol. The van der Waals surface area contributed by atoms with Crippen LogP contribution in [0.2, 0.25) is 25.7 Å². The molecule has 15 heavy (non-hydrogen) atoms. The van der Waals surface area contributed by atoms with Crippen LogP contribution in [0.5, 0.6) is 0 Å². The van der Waals surface area contributed by atoms with Crippen LogP contribution in [-0.4, -0.2) is 24.5 Å². The van der Waals surface area contributed by atoms with E-state index in [0.29, 0.717) is 6.73 Å². The highest BCUT2D eigenvalue weighted by molar-refractivity contribution is 14.1. The number of hydrogen-bond donors (Lipinski definition) is 0. The van der Waals surface area contributed by atoms with Crippen molar-refractivity contribution in [2.24, 2.45) is 0 Å². The van der Waals surface area contributed by atoms with Crippen molar-refractivity contribution in [2.45, 2.75) is 32.4 Å². The van der Waals surface area contributed by atoms with Crippen LogP contribution in [0.4, 0.5) is 0 Å². The van der Waals surface area contributed by atoms with Gasteiger partial charge < -0.3 is 4.74 Å². The van der Waals surface area contributed by atoms with E-state index in [-0.39, 0.29) is 0 Å². The average Bonchev–Trinajstić information content (AvgIpc) is 2.42. The second kappa shape index (κ2) is 5.79. The van der Waals surface area contributed by atoms with Gasteiger partial charge in [-0.2, -0.15) is 5.10 Å². The Kier molecular flexibility index (Phi) is 5.27. The van der Waals surface area contributed by atoms with Crippen LogP contribution in [0.25, 0.3) is 0 Å². The molecule has 0 bridgehead atoms. The summed E-state index contributed by atoms with van der Waals surface area (Å²) in [4.78, 5) is 0. The van der Waals surface area contributed by atoms with Gasteiger partial charge in [-0.1, -0.05) is 19.6 Å². The van der Waals surface area contributed by atoms with Crippen molar-refractivity contribution in [1.82, 2.24) is 9.78 Å². The summed E-state index contributed by atoms with van der Waals surface area (Å²) in [5.41, 5.74) is 0. The number of ether oxygens (including phenoxy) is 1. The van der Waals surface area contributed by atoms with Crippen LogP contribution in [-0.2, 0) is 11.5 Å². The Morgan fingerprint density at radius 3 is 2.67 bits per heavy atom. The molecule has 1 aromatic rings. The standard InChI is InChI=1S/C9H16BrIN2OSi/c1-15(2,3)5-4-14-7-13-9(10)8(11)6-12-13/h6H,4-5,7H2,1-3H3. The van der Waals surface area contributed by atoms with Crippen LogP contribution in [0.1, 0.15) is 0 Å². The molecule has 86 valence electrons. The molecule has 0 atom stereocenters. The minimum atomic E-state index is -0.972. The molecule has 0 amide bonds. The maximum absolute atomic E-state index is 5.59. The molecule has 0 N–H and O–H groups in total. The van der Waals surface area contributed by atoms with Crippen LogP contribution in [0, 0.1) is 3.57 Å². The van der Waals surface area contributed by atoms with Crippen molar-refractivity contribution in [2.75, 3.05) is 6.61 Å². The lowest BCUT2D eigenvalue weighted by Gasteiger charge is -2.15. The first-order valence-corrected chi connectivity index (χ1v) is 10.4. The van der Waals surface area contributed by atoms with Gasteiger partial charge in [0.2, 0.25) is 0 Å². The van der Waals surface area contributed by atoms with Crippen molar-refractivity contribution < 1.29 is 4.74 Å². The topological polar surface area (TPSA) is 27.1 Å². The largest absolute Gasteiger partial charge is 0.359 e. The lowest BCUT2D eigenvalue weighted by molar-refractivity contribution is 0.0769. The first-order chi connectivity index (χ1) is 6.90. The Morgan fingerprint density at radius 1 is 1.53 bits per heavy atom. The quantitative estimate of drug-likeness (QED) is 0.427. The van der Waals surface area contributed by atoms with E-state index in [1.807, 2.05) is 10.9 Å². The summed E-state index contributed by atoms with van der Waals surface area (Å²) in [6.07, 6.45) is 1.83. The van der Waals surface area contributed by atoms with E-state index in [2.05, 4.69) is 63.3 Å². The molecule has 0 saturated heterocycles. The maximum atomic E-state index is 5.59. The normalized spacial score (nSPS) is 12.1. The molecule has 0 unspecified atom stereocenters. The van der Waals surface area contributed by atoms with Crippen LogP contribution < -0.4 is 0 Å². The second-order valence-corrected chi connectivity index (χ2v) is 12.2. The van der Waals surface area contributed by atoms with Gasteiger partial charge >= 0.3 is 0 Å². The van der Waals surface area contributed by atoms with Gasteiger partial charge in [0.1, 0.15) is 11.3 Å². The van der Waals surface area contributed by atoms with Gasteiger partial charge in [0.05, 0.1) is 9.77 Å². The summed E-state index contributed by atoms with van der Waals surface area (Å²) in [5, 5.41) is 4.20. The number of hydrogen-bond acceptors (Lipinski definition) is 2. The van der Waals surface area contributed by atoms with E-state index in [0.717, 1.165) is 14.8 Å². The van der Waals surface area contributed by atoms with Gasteiger partial charge in [-0.3, -0.25) is 0 Å². The number of rotatable bonds is 5. The summed E-state index contributed by atoms with van der Waals surface area (Å²) >= 11 is 5.70. The first kappa shape index (κ1) is 13.7. The van der Waals surface area contributed by atoms with Crippen molar-refractivity contribution in [3.05, 3.63) is 14.4 Å². The van der Waals surface area contributed by atoms with Gasteiger partial charge in [-0.25, -0.2) is 4.68 Å². The Morgan fingerprint density at radius 2 is 2.20 bits per heavy atom. The fourth-order valence-electron chi connectivity index (χ4n) is 0.967. The fourth-order valence-corrected chi connectivity index (χ4v) is 2.42. The lowest BCUT2D eigenvalue weighted by Crippen LogP contribution is -2.22. The first-order valence-electron chi connectivity index (χ1n) is 4.85. The predicted octanol–water partition coefficient (Wildman–Crippen LogP) is 3.56. The molecule has 0 aliphatic rings. The summed E-state index contributed by atoms with van der Waals surface area (Å²) in [5.74, 6) is 0. The summed E-state index contributed by atoms with van der Waals surface area (Å²) in [7, 11) is -0.972. The van der Waals surface area contributed by atoms with Crippen LogP contribution in [0.15, 0.2) is 10.8 Å². The van der Waals surface area contributed by atoms with Gasteiger partial charge in [0.15, 0.2) is 0 Å². The SMILES string of the molecule is C[Si](C)(C)CCOCn1ncc(I)c1Br. The fraction of sp³-hybridized carbons (Fsp3) is 0.667. The monoisotopic (exact) mass is 402 g/mol. The van der Waals surface area contributed by atoms with E-state index in [9.17, 15) is 0 Å². The zero-order valence-corrected chi connectivity index (χ0v) is 14.0. The van der Waals surface area contributed by atoms with Crippen LogP contribution >= 0.6 is 38.5 Å². The zero-order chi connectivity index (χ0) is 11.5. The molecule has 0 aliphatic carbocycles. The molecule has 0 aliphatic heterocycles. The smallest absolute Gasteiger partial charge is 0.140 e. The molecular formula is C9H16BrIN2OSi. The Hall–Kier alpha value is 0.597. The molecule has 0 fully saturated rings. The third kappa shape index (κ3) is 4.97. The molecular weight excluding hydrogens is 387 g/mol. The predicted molar refractivity (Wildman–Crippen MR) is 76.7 cm³/mol. The molecule has 0 saturated carbocycles. The van der Waals surface area contributed by atoms with E-state index in [1.165, 1.54) is 6.04 Å². The molecule has 1 rings (SSSR count). The Bertz CT molecular complexity index is 324. The molecule has 1 aromatic heterocycles.